The number of amides is 5. The summed E-state index contributed by atoms with van der Waals surface area (Å²) in [5.74, 6) is -0.744. The largest absolute Gasteiger partial charge is 0.385 e. The number of carbonyl (C=O) groups excluding carboxylic acids is 5. The molecule has 1 unspecified atom stereocenters. The van der Waals surface area contributed by atoms with Gasteiger partial charge in [-0.05, 0) is 92.3 Å². The number of aromatic nitrogens is 4. The van der Waals surface area contributed by atoms with E-state index in [0.29, 0.717) is 44.1 Å². The topological polar surface area (TPSA) is 177 Å². The average molecular weight is 828 g/mol. The summed E-state index contributed by atoms with van der Waals surface area (Å²) in [6.07, 6.45) is 5.40. The van der Waals surface area contributed by atoms with Gasteiger partial charge in [0.15, 0.2) is 5.65 Å². The normalized spacial score (nSPS) is 19.5. The van der Waals surface area contributed by atoms with Crippen molar-refractivity contribution in [3.63, 3.8) is 0 Å². The molecule has 314 valence electrons. The molecule has 9 rings (SSSR count). The summed E-state index contributed by atoms with van der Waals surface area (Å²) in [6, 6.07) is 20.7. The predicted octanol–water partition coefficient (Wildman–Crippen LogP) is 3.80. The Kier molecular flexibility index (Phi) is 11.1. The number of piperazine rings is 1. The van der Waals surface area contributed by atoms with Crippen LogP contribution in [0.2, 0.25) is 0 Å². The zero-order valence-corrected chi connectivity index (χ0v) is 33.6. The zero-order valence-electron chi connectivity index (χ0n) is 33.6. The van der Waals surface area contributed by atoms with E-state index in [-0.39, 0.29) is 41.7 Å². The molecule has 0 bridgehead atoms. The van der Waals surface area contributed by atoms with E-state index in [4.69, 9.17) is 10.1 Å². The molecule has 3 N–H and O–H groups in total. The third kappa shape index (κ3) is 8.24. The summed E-state index contributed by atoms with van der Waals surface area (Å²) in [5, 5.41) is 13.5. The van der Waals surface area contributed by atoms with Crippen molar-refractivity contribution in [2.45, 2.75) is 50.6 Å². The quantitative estimate of drug-likeness (QED) is 0.116. The van der Waals surface area contributed by atoms with Gasteiger partial charge in [0.25, 0.3) is 11.8 Å². The van der Waals surface area contributed by atoms with Gasteiger partial charge in [0, 0.05) is 57.9 Å². The Balaban J connectivity index is 0.720. The van der Waals surface area contributed by atoms with Crippen molar-refractivity contribution in [1.29, 1.82) is 0 Å². The van der Waals surface area contributed by atoms with Crippen molar-refractivity contribution >= 4 is 52.5 Å². The van der Waals surface area contributed by atoms with Crippen LogP contribution < -0.4 is 25.8 Å². The maximum atomic E-state index is 14.1. The number of rotatable bonds is 13. The number of hydrogen-bond acceptors (Lipinski definition) is 12. The number of nitrogens with zero attached hydrogens (tertiary/aromatic N) is 8. The van der Waals surface area contributed by atoms with E-state index in [2.05, 4.69) is 35.6 Å². The molecule has 3 saturated heterocycles. The third-order valence-electron chi connectivity index (χ3n) is 11.9. The molecule has 0 radical (unpaired) electrons. The smallest absolute Gasteiger partial charge is 0.262 e. The molecule has 0 spiro atoms. The van der Waals surface area contributed by atoms with Crippen LogP contribution in [0, 0.1) is 5.82 Å². The van der Waals surface area contributed by atoms with Crippen LogP contribution in [0.3, 0.4) is 0 Å². The van der Waals surface area contributed by atoms with Gasteiger partial charge in [0.2, 0.25) is 17.7 Å². The standard InChI is InChI=1S/C44H46FN11O5/c45-29-7-3-6-28(24-29)34-9-5-19-54(34)39-15-14-37-48-26-36(56(37)51-39)33-8-4-10-38(49-33)53-22-20-52(21-23-53)27-41(58)47-18-2-1-17-46-30-11-12-31-32(25-30)44(61)55(43(31)60)35-13-16-40(57)50-42(35)59/h3-4,6-8,10-12,14-15,24-26,34-35,46H,1-2,5,9,13,16-23,27H2,(H,47,58)(H,50,57,59)/t34-,35?/m1/s1. The highest BCUT2D eigenvalue weighted by Gasteiger charge is 2.44. The lowest BCUT2D eigenvalue weighted by molar-refractivity contribution is -0.136. The van der Waals surface area contributed by atoms with Crippen molar-refractivity contribution < 1.29 is 28.4 Å². The lowest BCUT2D eigenvalue weighted by Crippen LogP contribution is -2.54. The maximum absolute atomic E-state index is 14.1. The predicted molar refractivity (Wildman–Crippen MR) is 224 cm³/mol. The maximum Gasteiger partial charge on any atom is 0.262 e. The number of halogens is 1. The minimum Gasteiger partial charge on any atom is -0.385 e. The highest BCUT2D eigenvalue weighted by Crippen LogP contribution is 2.36. The van der Waals surface area contributed by atoms with Crippen molar-refractivity contribution in [1.82, 2.24) is 40.0 Å². The van der Waals surface area contributed by atoms with Gasteiger partial charge in [0.05, 0.1) is 35.6 Å². The van der Waals surface area contributed by atoms with Gasteiger partial charge in [-0.1, -0.05) is 18.2 Å². The average Bonchev–Trinajstić information content (AvgIpc) is 3.99. The van der Waals surface area contributed by atoms with E-state index in [0.717, 1.165) is 78.8 Å². The molecule has 61 heavy (non-hydrogen) atoms. The Labute approximate surface area is 351 Å². The molecule has 3 fully saturated rings. The first kappa shape index (κ1) is 39.7. The lowest BCUT2D eigenvalue weighted by atomic mass is 10.0. The number of carbonyl (C=O) groups is 5. The summed E-state index contributed by atoms with van der Waals surface area (Å²) in [6.45, 7) is 5.13. The summed E-state index contributed by atoms with van der Waals surface area (Å²) >= 11 is 0. The van der Waals surface area contributed by atoms with Crippen LogP contribution >= 0.6 is 0 Å². The molecular weight excluding hydrogens is 782 g/mol. The number of imide groups is 2. The van der Waals surface area contributed by atoms with Crippen LogP contribution in [0.4, 0.5) is 21.7 Å². The third-order valence-corrected chi connectivity index (χ3v) is 11.9. The Morgan fingerprint density at radius 3 is 2.48 bits per heavy atom. The lowest BCUT2D eigenvalue weighted by Gasteiger charge is -2.35. The van der Waals surface area contributed by atoms with E-state index in [1.165, 1.54) is 6.07 Å². The van der Waals surface area contributed by atoms with Gasteiger partial charge >= 0.3 is 0 Å². The van der Waals surface area contributed by atoms with Gasteiger partial charge in [-0.15, -0.1) is 5.10 Å². The molecule has 0 aliphatic carbocycles. The molecule has 4 aliphatic rings. The molecule has 2 atom stereocenters. The minimum atomic E-state index is -1.00. The summed E-state index contributed by atoms with van der Waals surface area (Å²) < 4.78 is 15.9. The van der Waals surface area contributed by atoms with E-state index >= 15 is 0 Å². The molecule has 16 nitrogen and oxygen atoms in total. The Hall–Kier alpha value is -6.75. The SMILES string of the molecule is O=C(CN1CCN(c2cccc(-c3cnc4ccc(N5CCC[C@@H]5c5cccc(F)c5)nn34)n2)CC1)NCCCCNc1ccc2c(c1)C(=O)N(C1CCC(=O)NC1=O)C2=O. The van der Waals surface area contributed by atoms with Crippen LogP contribution in [0.25, 0.3) is 17.0 Å². The molecule has 3 aromatic heterocycles. The fraction of sp³-hybridized carbons (Fsp3) is 0.364. The second-order valence-electron chi connectivity index (χ2n) is 15.8. The second-order valence-corrected chi connectivity index (χ2v) is 15.8. The van der Waals surface area contributed by atoms with Gasteiger partial charge < -0.3 is 20.4 Å². The highest BCUT2D eigenvalue weighted by molar-refractivity contribution is 6.23. The zero-order chi connectivity index (χ0) is 42.0. The molecule has 2 aromatic carbocycles. The Morgan fingerprint density at radius 1 is 0.820 bits per heavy atom. The van der Waals surface area contributed by atoms with Crippen molar-refractivity contribution in [3.8, 4) is 11.4 Å². The number of anilines is 3. The number of hydrogen-bond donors (Lipinski definition) is 3. The molecule has 17 heteroatoms. The Morgan fingerprint density at radius 2 is 1.64 bits per heavy atom. The number of pyridine rings is 1. The second kappa shape index (κ2) is 17.1. The van der Waals surface area contributed by atoms with Crippen LogP contribution in [-0.2, 0) is 14.4 Å². The summed E-state index contributed by atoms with van der Waals surface area (Å²) in [4.78, 5) is 80.0. The van der Waals surface area contributed by atoms with Crippen LogP contribution in [-0.4, -0.2) is 117 Å². The molecule has 7 heterocycles. The fourth-order valence-electron chi connectivity index (χ4n) is 8.72. The highest BCUT2D eigenvalue weighted by atomic mass is 19.1. The fourth-order valence-corrected chi connectivity index (χ4v) is 8.72. The monoisotopic (exact) mass is 827 g/mol. The number of imidazole rings is 1. The van der Waals surface area contributed by atoms with E-state index in [9.17, 15) is 28.4 Å². The first-order valence-corrected chi connectivity index (χ1v) is 20.9. The number of benzene rings is 2. The summed E-state index contributed by atoms with van der Waals surface area (Å²) in [5.41, 5.74) is 4.33. The van der Waals surface area contributed by atoms with E-state index in [1.807, 2.05) is 40.9 Å². The van der Waals surface area contributed by atoms with Crippen molar-refractivity contribution in [2.75, 3.05) is 67.5 Å². The van der Waals surface area contributed by atoms with Gasteiger partial charge in [-0.2, -0.15) is 0 Å². The van der Waals surface area contributed by atoms with Crippen molar-refractivity contribution in [2.24, 2.45) is 0 Å². The van der Waals surface area contributed by atoms with Crippen LogP contribution in [0.15, 0.2) is 79.0 Å². The number of unbranched alkanes of at least 4 members (excludes halogenated alkanes) is 1. The minimum absolute atomic E-state index is 0.0282. The number of fused-ring (bicyclic) bond motifs is 2. The van der Waals surface area contributed by atoms with Crippen LogP contribution in [0.5, 0.6) is 0 Å². The van der Waals surface area contributed by atoms with Gasteiger partial charge in [0.1, 0.15) is 29.2 Å². The Bertz CT molecular complexity index is 2520. The van der Waals surface area contributed by atoms with Crippen LogP contribution in [0.1, 0.15) is 70.8 Å². The summed E-state index contributed by atoms with van der Waals surface area (Å²) in [7, 11) is 0. The first-order chi connectivity index (χ1) is 29.7. The first-order valence-electron chi connectivity index (χ1n) is 20.9. The number of nitrogens with one attached hydrogen (secondary N) is 3. The van der Waals surface area contributed by atoms with Gasteiger partial charge in [-0.25, -0.2) is 18.9 Å². The molecule has 4 aliphatic heterocycles. The van der Waals surface area contributed by atoms with E-state index < -0.39 is 29.7 Å². The number of piperidine rings is 1. The van der Waals surface area contributed by atoms with Crippen molar-refractivity contribution in [3.05, 3.63) is 102 Å². The molecule has 0 saturated carbocycles. The molecule has 5 amide bonds. The molecule has 5 aromatic rings. The molecular formula is C44H46FN11O5. The van der Waals surface area contributed by atoms with E-state index in [1.54, 1.807) is 36.5 Å². The van der Waals surface area contributed by atoms with Gasteiger partial charge in [-0.3, -0.25) is 39.1 Å².